The summed E-state index contributed by atoms with van der Waals surface area (Å²) in [6.07, 6.45) is 0. The first kappa shape index (κ1) is 13.4. The van der Waals surface area contributed by atoms with Crippen molar-refractivity contribution in [1.82, 2.24) is 0 Å². The van der Waals surface area contributed by atoms with Gasteiger partial charge in [0.1, 0.15) is 12.4 Å². The first-order valence-corrected chi connectivity index (χ1v) is 5.85. The largest absolute Gasteiger partial charge is 0.489 e. The van der Waals surface area contributed by atoms with Crippen molar-refractivity contribution in [1.29, 1.82) is 5.26 Å². The lowest BCUT2D eigenvalue weighted by molar-refractivity contribution is 0.0697. The molecule has 2 aromatic rings. The summed E-state index contributed by atoms with van der Waals surface area (Å²) in [7, 11) is 0. The monoisotopic (exact) mass is 268 g/mol. The Bertz CT molecular complexity index is 673. The van der Waals surface area contributed by atoms with Crippen LogP contribution in [0.2, 0.25) is 0 Å². The van der Waals surface area contributed by atoms with E-state index in [1.165, 1.54) is 12.1 Å². The number of nitrogens with two attached hydrogens (primary N) is 1. The number of anilines is 1. The fourth-order valence-corrected chi connectivity index (χ4v) is 1.65. The smallest absolute Gasteiger partial charge is 0.337 e. The van der Waals surface area contributed by atoms with Gasteiger partial charge in [-0.1, -0.05) is 12.1 Å². The maximum atomic E-state index is 11.0. The quantitative estimate of drug-likeness (QED) is 0.830. The molecular formula is C15H12N2O3. The van der Waals surface area contributed by atoms with Crippen LogP contribution in [0.15, 0.2) is 42.5 Å². The molecule has 0 aliphatic carbocycles. The van der Waals surface area contributed by atoms with Gasteiger partial charge in [0.15, 0.2) is 0 Å². The number of hydrogen-bond donors (Lipinski definition) is 2. The lowest BCUT2D eigenvalue weighted by atomic mass is 10.1. The van der Waals surface area contributed by atoms with Gasteiger partial charge in [-0.3, -0.25) is 0 Å². The van der Waals surface area contributed by atoms with E-state index in [2.05, 4.69) is 0 Å². The highest BCUT2D eigenvalue weighted by Crippen LogP contribution is 2.20. The van der Waals surface area contributed by atoms with Crippen LogP contribution in [0.3, 0.4) is 0 Å². The summed E-state index contributed by atoms with van der Waals surface area (Å²) < 4.78 is 5.51. The molecule has 0 heterocycles. The van der Waals surface area contributed by atoms with Crippen molar-refractivity contribution in [2.45, 2.75) is 6.61 Å². The van der Waals surface area contributed by atoms with Gasteiger partial charge in [0.2, 0.25) is 0 Å². The second kappa shape index (κ2) is 5.76. The Morgan fingerprint density at radius 2 is 1.95 bits per heavy atom. The minimum atomic E-state index is -1.09. The Hall–Kier alpha value is -3.00. The zero-order valence-electron chi connectivity index (χ0n) is 10.5. The summed E-state index contributed by atoms with van der Waals surface area (Å²) in [5, 5.41) is 17.7. The predicted molar refractivity (Wildman–Crippen MR) is 73.3 cm³/mol. The first-order valence-electron chi connectivity index (χ1n) is 5.85. The van der Waals surface area contributed by atoms with Crippen molar-refractivity contribution in [3.63, 3.8) is 0 Å². The third-order valence-electron chi connectivity index (χ3n) is 2.74. The van der Waals surface area contributed by atoms with Gasteiger partial charge in [0.25, 0.3) is 0 Å². The molecule has 20 heavy (non-hydrogen) atoms. The molecule has 5 nitrogen and oxygen atoms in total. The van der Waals surface area contributed by atoms with Crippen molar-refractivity contribution >= 4 is 11.7 Å². The van der Waals surface area contributed by atoms with Gasteiger partial charge < -0.3 is 15.6 Å². The van der Waals surface area contributed by atoms with Crippen LogP contribution in [0.5, 0.6) is 5.75 Å². The van der Waals surface area contributed by atoms with E-state index in [1.807, 2.05) is 6.07 Å². The van der Waals surface area contributed by atoms with Crippen molar-refractivity contribution < 1.29 is 14.6 Å². The van der Waals surface area contributed by atoms with Crippen LogP contribution < -0.4 is 10.5 Å². The summed E-state index contributed by atoms with van der Waals surface area (Å²) in [5.41, 5.74) is 7.24. The molecule has 5 heteroatoms. The molecule has 0 aliphatic rings. The van der Waals surface area contributed by atoms with Gasteiger partial charge in [-0.2, -0.15) is 5.26 Å². The SMILES string of the molecule is N#Cc1ccc(COc2ccc(N)c(C(=O)O)c2)cc1. The molecule has 0 spiro atoms. The molecule has 0 aromatic heterocycles. The van der Waals surface area contributed by atoms with Crippen LogP contribution in [0, 0.1) is 11.3 Å². The van der Waals surface area contributed by atoms with E-state index in [9.17, 15) is 4.79 Å². The summed E-state index contributed by atoms with van der Waals surface area (Å²) in [6, 6.07) is 13.5. The summed E-state index contributed by atoms with van der Waals surface area (Å²) in [6.45, 7) is 0.286. The highest BCUT2D eigenvalue weighted by molar-refractivity contribution is 5.94. The topological polar surface area (TPSA) is 96.3 Å². The molecule has 0 saturated heterocycles. The average Bonchev–Trinajstić information content (AvgIpc) is 2.46. The maximum absolute atomic E-state index is 11.0. The highest BCUT2D eigenvalue weighted by atomic mass is 16.5. The van der Waals surface area contributed by atoms with Gasteiger partial charge in [-0.25, -0.2) is 4.79 Å². The predicted octanol–water partition coefficient (Wildman–Crippen LogP) is 2.42. The van der Waals surface area contributed by atoms with E-state index < -0.39 is 5.97 Å². The van der Waals surface area contributed by atoms with E-state index in [4.69, 9.17) is 20.8 Å². The molecule has 0 aliphatic heterocycles. The van der Waals surface area contributed by atoms with Crippen LogP contribution in [-0.2, 0) is 6.61 Å². The number of benzene rings is 2. The summed E-state index contributed by atoms with van der Waals surface area (Å²) >= 11 is 0. The van der Waals surface area contributed by atoms with Crippen molar-refractivity contribution in [2.75, 3.05) is 5.73 Å². The van der Waals surface area contributed by atoms with E-state index in [1.54, 1.807) is 30.3 Å². The average molecular weight is 268 g/mol. The van der Waals surface area contributed by atoms with Crippen LogP contribution >= 0.6 is 0 Å². The summed E-state index contributed by atoms with van der Waals surface area (Å²) in [4.78, 5) is 11.0. The Labute approximate surface area is 115 Å². The van der Waals surface area contributed by atoms with Crippen LogP contribution in [0.25, 0.3) is 0 Å². The number of carbonyl (C=O) groups is 1. The van der Waals surface area contributed by atoms with Gasteiger partial charge in [0.05, 0.1) is 17.2 Å². The molecule has 0 atom stereocenters. The van der Waals surface area contributed by atoms with Crippen LogP contribution in [-0.4, -0.2) is 11.1 Å². The first-order chi connectivity index (χ1) is 9.60. The zero-order valence-corrected chi connectivity index (χ0v) is 10.5. The van der Waals surface area contributed by atoms with Crippen LogP contribution in [0.1, 0.15) is 21.5 Å². The highest BCUT2D eigenvalue weighted by Gasteiger charge is 2.09. The van der Waals surface area contributed by atoms with Crippen molar-refractivity contribution in [2.24, 2.45) is 0 Å². The number of aromatic carboxylic acids is 1. The Morgan fingerprint density at radius 1 is 1.25 bits per heavy atom. The maximum Gasteiger partial charge on any atom is 0.337 e. The molecule has 0 saturated carbocycles. The molecule has 3 N–H and O–H groups in total. The molecule has 0 amide bonds. The minimum absolute atomic E-state index is 0.0160. The molecular weight excluding hydrogens is 256 g/mol. The van der Waals surface area contributed by atoms with Gasteiger partial charge >= 0.3 is 5.97 Å². The van der Waals surface area contributed by atoms with Crippen molar-refractivity contribution in [3.8, 4) is 11.8 Å². The molecule has 0 fully saturated rings. The van der Waals surface area contributed by atoms with Gasteiger partial charge in [0, 0.05) is 5.69 Å². The lowest BCUT2D eigenvalue weighted by Gasteiger charge is -2.08. The van der Waals surface area contributed by atoms with E-state index in [-0.39, 0.29) is 17.9 Å². The van der Waals surface area contributed by atoms with Gasteiger partial charge in [-0.05, 0) is 35.9 Å². The number of hydrogen-bond acceptors (Lipinski definition) is 4. The molecule has 0 bridgehead atoms. The van der Waals surface area contributed by atoms with E-state index in [0.29, 0.717) is 11.3 Å². The number of nitrogen functional groups attached to an aromatic ring is 1. The Kier molecular flexibility index (Phi) is 3.87. The summed E-state index contributed by atoms with van der Waals surface area (Å²) in [5.74, 6) is -0.660. The Morgan fingerprint density at radius 3 is 2.55 bits per heavy atom. The Balaban J connectivity index is 2.09. The number of carboxylic acids is 1. The zero-order chi connectivity index (χ0) is 14.5. The fraction of sp³-hybridized carbons (Fsp3) is 0.0667. The lowest BCUT2D eigenvalue weighted by Crippen LogP contribution is -2.03. The number of nitriles is 1. The van der Waals surface area contributed by atoms with E-state index in [0.717, 1.165) is 5.56 Å². The minimum Gasteiger partial charge on any atom is -0.489 e. The molecule has 2 aromatic carbocycles. The van der Waals surface area contributed by atoms with E-state index >= 15 is 0 Å². The number of nitrogens with zero attached hydrogens (tertiary/aromatic N) is 1. The second-order valence-corrected chi connectivity index (χ2v) is 4.15. The number of carboxylic acid groups (broad SMARTS) is 1. The number of ether oxygens (including phenoxy) is 1. The number of rotatable bonds is 4. The third kappa shape index (κ3) is 3.06. The van der Waals surface area contributed by atoms with Crippen molar-refractivity contribution in [3.05, 3.63) is 59.2 Å². The van der Waals surface area contributed by atoms with Gasteiger partial charge in [-0.15, -0.1) is 0 Å². The normalized spacial score (nSPS) is 9.75. The molecule has 0 radical (unpaired) electrons. The van der Waals surface area contributed by atoms with Crippen LogP contribution in [0.4, 0.5) is 5.69 Å². The second-order valence-electron chi connectivity index (χ2n) is 4.15. The molecule has 2 rings (SSSR count). The standard InChI is InChI=1S/C15H12N2O3/c16-8-10-1-3-11(4-2-10)9-20-12-5-6-14(17)13(7-12)15(18)19/h1-7H,9,17H2,(H,18,19). The fourth-order valence-electron chi connectivity index (χ4n) is 1.65. The third-order valence-corrected chi connectivity index (χ3v) is 2.74. The molecule has 0 unspecified atom stereocenters. The molecule has 100 valence electrons.